The molecule has 0 aliphatic heterocycles. The monoisotopic (exact) mass is 229 g/mol. The first-order valence-electron chi connectivity index (χ1n) is 5.93. The second kappa shape index (κ2) is 8.35. The van der Waals surface area contributed by atoms with Crippen LogP contribution >= 0.6 is 0 Å². The van der Waals surface area contributed by atoms with Crippen LogP contribution in [0.3, 0.4) is 0 Å². The summed E-state index contributed by atoms with van der Waals surface area (Å²) in [6, 6.07) is 0. The number of hydrogen-bond acceptors (Lipinski definition) is 3. The molecule has 0 radical (unpaired) electrons. The van der Waals surface area contributed by atoms with Crippen molar-refractivity contribution in [3.8, 4) is 0 Å². The molecule has 0 atom stereocenters. The molecule has 0 aromatic heterocycles. The van der Waals surface area contributed by atoms with Gasteiger partial charge >= 0.3 is 0 Å². The SMILES string of the molecule is COCCOCCNC(N)=NCC1CCC1. The molecule has 1 saturated carbocycles. The largest absolute Gasteiger partial charge is 0.382 e. The number of nitrogens with one attached hydrogen (secondary N) is 1. The van der Waals surface area contributed by atoms with Gasteiger partial charge in [-0.1, -0.05) is 6.42 Å². The van der Waals surface area contributed by atoms with Crippen LogP contribution in [0.5, 0.6) is 0 Å². The molecule has 5 nitrogen and oxygen atoms in total. The van der Waals surface area contributed by atoms with Crippen molar-refractivity contribution >= 4 is 5.96 Å². The highest BCUT2D eigenvalue weighted by atomic mass is 16.5. The van der Waals surface area contributed by atoms with Crippen molar-refractivity contribution in [1.29, 1.82) is 0 Å². The Hall–Kier alpha value is -0.810. The van der Waals surface area contributed by atoms with Gasteiger partial charge in [0.05, 0.1) is 19.8 Å². The van der Waals surface area contributed by atoms with Gasteiger partial charge in [-0.3, -0.25) is 4.99 Å². The summed E-state index contributed by atoms with van der Waals surface area (Å²) >= 11 is 0. The highest BCUT2D eigenvalue weighted by molar-refractivity contribution is 5.77. The Bertz CT molecular complexity index is 205. The maximum Gasteiger partial charge on any atom is 0.188 e. The van der Waals surface area contributed by atoms with E-state index in [2.05, 4.69) is 10.3 Å². The van der Waals surface area contributed by atoms with Crippen LogP contribution in [0.25, 0.3) is 0 Å². The van der Waals surface area contributed by atoms with E-state index in [9.17, 15) is 0 Å². The van der Waals surface area contributed by atoms with Crippen molar-refractivity contribution in [3.63, 3.8) is 0 Å². The molecule has 1 aliphatic carbocycles. The fourth-order valence-electron chi connectivity index (χ4n) is 1.45. The fraction of sp³-hybridized carbons (Fsp3) is 0.909. The van der Waals surface area contributed by atoms with Crippen molar-refractivity contribution in [2.75, 3.05) is 40.0 Å². The van der Waals surface area contributed by atoms with Gasteiger partial charge in [0, 0.05) is 20.2 Å². The molecule has 0 heterocycles. The van der Waals surface area contributed by atoms with Crippen molar-refractivity contribution in [1.82, 2.24) is 5.32 Å². The van der Waals surface area contributed by atoms with E-state index >= 15 is 0 Å². The highest BCUT2D eigenvalue weighted by Gasteiger charge is 2.16. The summed E-state index contributed by atoms with van der Waals surface area (Å²) in [7, 11) is 1.66. The van der Waals surface area contributed by atoms with Crippen LogP contribution < -0.4 is 11.1 Å². The number of aliphatic imine (C=N–C) groups is 1. The summed E-state index contributed by atoms with van der Waals surface area (Å²) in [6.45, 7) is 3.44. The zero-order valence-corrected chi connectivity index (χ0v) is 10.1. The van der Waals surface area contributed by atoms with Crippen molar-refractivity contribution in [3.05, 3.63) is 0 Å². The van der Waals surface area contributed by atoms with Gasteiger partial charge < -0.3 is 20.5 Å². The Kier molecular flexibility index (Phi) is 6.92. The lowest BCUT2D eigenvalue weighted by Gasteiger charge is -2.23. The summed E-state index contributed by atoms with van der Waals surface area (Å²) in [5.74, 6) is 1.29. The average Bonchev–Trinajstić information content (AvgIpc) is 2.21. The maximum absolute atomic E-state index is 5.70. The molecule has 0 unspecified atom stereocenters. The first kappa shape index (κ1) is 13.3. The summed E-state index contributed by atoms with van der Waals surface area (Å²) in [5, 5.41) is 3.03. The molecule has 0 aromatic carbocycles. The molecule has 1 rings (SSSR count). The van der Waals surface area contributed by atoms with Gasteiger partial charge in [0.15, 0.2) is 5.96 Å². The molecule has 0 spiro atoms. The van der Waals surface area contributed by atoms with Gasteiger partial charge in [0.25, 0.3) is 0 Å². The summed E-state index contributed by atoms with van der Waals surface area (Å²) in [4.78, 5) is 4.28. The molecule has 16 heavy (non-hydrogen) atoms. The van der Waals surface area contributed by atoms with Crippen molar-refractivity contribution in [2.45, 2.75) is 19.3 Å². The molecule has 0 amide bonds. The maximum atomic E-state index is 5.70. The lowest BCUT2D eigenvalue weighted by Crippen LogP contribution is -2.35. The van der Waals surface area contributed by atoms with Gasteiger partial charge in [-0.15, -0.1) is 0 Å². The van der Waals surface area contributed by atoms with E-state index in [4.69, 9.17) is 15.2 Å². The molecule has 1 aliphatic rings. The topological polar surface area (TPSA) is 68.9 Å². The predicted octanol–water partition coefficient (Wildman–Crippen LogP) is 0.354. The van der Waals surface area contributed by atoms with E-state index in [0.717, 1.165) is 12.5 Å². The minimum atomic E-state index is 0.530. The minimum absolute atomic E-state index is 0.530. The van der Waals surface area contributed by atoms with Gasteiger partial charge in [-0.2, -0.15) is 0 Å². The summed E-state index contributed by atoms with van der Waals surface area (Å²) < 4.78 is 10.1. The number of guanidine groups is 1. The molecule has 0 aromatic rings. The third-order valence-corrected chi connectivity index (χ3v) is 2.73. The Morgan fingerprint density at radius 1 is 1.38 bits per heavy atom. The van der Waals surface area contributed by atoms with Crippen molar-refractivity contribution in [2.24, 2.45) is 16.6 Å². The highest BCUT2D eigenvalue weighted by Crippen LogP contribution is 2.26. The van der Waals surface area contributed by atoms with E-state index in [1.54, 1.807) is 7.11 Å². The smallest absolute Gasteiger partial charge is 0.188 e. The third-order valence-electron chi connectivity index (χ3n) is 2.73. The lowest BCUT2D eigenvalue weighted by atomic mass is 9.86. The normalized spacial score (nSPS) is 17.2. The molecule has 0 bridgehead atoms. The molecular formula is C11H23N3O2. The fourth-order valence-corrected chi connectivity index (χ4v) is 1.45. The van der Waals surface area contributed by atoms with E-state index in [0.29, 0.717) is 32.3 Å². The van der Waals surface area contributed by atoms with E-state index in [1.807, 2.05) is 0 Å². The standard InChI is InChI=1S/C11H23N3O2/c1-15-7-8-16-6-5-13-11(12)14-9-10-3-2-4-10/h10H,2-9H2,1H3,(H3,12,13,14). The number of nitrogens with zero attached hydrogens (tertiary/aromatic N) is 1. The number of rotatable bonds is 8. The molecular weight excluding hydrogens is 206 g/mol. The average molecular weight is 229 g/mol. The minimum Gasteiger partial charge on any atom is -0.382 e. The molecule has 3 N–H and O–H groups in total. The van der Waals surface area contributed by atoms with Gasteiger partial charge in [-0.25, -0.2) is 0 Å². The Morgan fingerprint density at radius 2 is 2.19 bits per heavy atom. The summed E-state index contributed by atoms with van der Waals surface area (Å²) in [6.07, 6.45) is 3.95. The molecule has 5 heteroatoms. The van der Waals surface area contributed by atoms with Crippen LogP contribution in [-0.2, 0) is 9.47 Å². The number of nitrogens with two attached hydrogens (primary N) is 1. The van der Waals surface area contributed by atoms with Gasteiger partial charge in [-0.05, 0) is 18.8 Å². The van der Waals surface area contributed by atoms with Gasteiger partial charge in [0.1, 0.15) is 0 Å². The first-order chi connectivity index (χ1) is 7.83. The van der Waals surface area contributed by atoms with Gasteiger partial charge in [0.2, 0.25) is 0 Å². The first-order valence-corrected chi connectivity index (χ1v) is 5.93. The van der Waals surface area contributed by atoms with Crippen LogP contribution in [-0.4, -0.2) is 46.0 Å². The van der Waals surface area contributed by atoms with E-state index in [-0.39, 0.29) is 0 Å². The summed E-state index contributed by atoms with van der Waals surface area (Å²) in [5.41, 5.74) is 5.70. The molecule has 94 valence electrons. The van der Waals surface area contributed by atoms with Crippen LogP contribution in [0.15, 0.2) is 4.99 Å². The molecule has 1 fully saturated rings. The zero-order chi connectivity index (χ0) is 11.6. The predicted molar refractivity (Wildman–Crippen MR) is 64.5 cm³/mol. The number of ether oxygens (including phenoxy) is 2. The Balaban J connectivity index is 1.90. The second-order valence-corrected chi connectivity index (χ2v) is 4.05. The van der Waals surface area contributed by atoms with E-state index in [1.165, 1.54) is 19.3 Å². The number of hydrogen-bond donors (Lipinski definition) is 2. The van der Waals surface area contributed by atoms with Crippen LogP contribution in [0, 0.1) is 5.92 Å². The third kappa shape index (κ3) is 5.92. The van der Waals surface area contributed by atoms with Crippen LogP contribution in [0.4, 0.5) is 0 Å². The van der Waals surface area contributed by atoms with Crippen LogP contribution in [0.2, 0.25) is 0 Å². The Labute approximate surface area is 97.4 Å². The van der Waals surface area contributed by atoms with E-state index < -0.39 is 0 Å². The lowest BCUT2D eigenvalue weighted by molar-refractivity contribution is 0.0733. The zero-order valence-electron chi connectivity index (χ0n) is 10.1. The quantitative estimate of drug-likeness (QED) is 0.358. The molecule has 0 saturated heterocycles. The Morgan fingerprint density at radius 3 is 2.81 bits per heavy atom. The van der Waals surface area contributed by atoms with Crippen molar-refractivity contribution < 1.29 is 9.47 Å². The second-order valence-electron chi connectivity index (χ2n) is 4.05. The number of methoxy groups -OCH3 is 1. The van der Waals surface area contributed by atoms with Crippen LogP contribution in [0.1, 0.15) is 19.3 Å².